The van der Waals surface area contributed by atoms with E-state index in [1.807, 2.05) is 0 Å². The number of alkyl halides is 9. The summed E-state index contributed by atoms with van der Waals surface area (Å²) < 4.78 is 152. The molecule has 0 spiro atoms. The van der Waals surface area contributed by atoms with Crippen LogP contribution in [-0.2, 0) is 15.5 Å². The lowest BCUT2D eigenvalue weighted by Gasteiger charge is -2.32. The molecular weight excluding hydrogens is 537 g/mol. The van der Waals surface area contributed by atoms with Crippen molar-refractivity contribution in [3.05, 3.63) is 17.5 Å². The van der Waals surface area contributed by atoms with Crippen LogP contribution >= 0.6 is 0 Å². The van der Waals surface area contributed by atoms with Crippen molar-refractivity contribution in [1.29, 1.82) is 0 Å². The second-order valence-corrected chi connectivity index (χ2v) is 15.7. The van der Waals surface area contributed by atoms with Crippen LogP contribution < -0.4 is 8.92 Å². The van der Waals surface area contributed by atoms with E-state index < -0.39 is 58.4 Å². The molecule has 0 aliphatic heterocycles. The van der Waals surface area contributed by atoms with Crippen molar-refractivity contribution in [2.24, 2.45) is 0 Å². The summed E-state index contributed by atoms with van der Waals surface area (Å²) in [6, 6.07) is 0.606. The average molecular weight is 560 g/mol. The van der Waals surface area contributed by atoms with Crippen LogP contribution in [0.4, 0.5) is 39.5 Å². The normalized spacial score (nSPS) is 14.3. The SMILES string of the molecule is COc1c(OS(=O)(=O)C(F)(F)C(F)(F)C(F)(F)C(F)(F)F)cc(C#C[Si](C)(C)C)nc1C(C)(C)C. The molecule has 0 amide bonds. The van der Waals surface area contributed by atoms with Crippen molar-refractivity contribution in [2.45, 2.75) is 69.1 Å². The second kappa shape index (κ2) is 9.06. The molecule has 0 radical (unpaired) electrons. The van der Waals surface area contributed by atoms with Gasteiger partial charge in [-0.15, -0.1) is 5.54 Å². The maximum Gasteiger partial charge on any atom is 0.460 e. The molecule has 0 aliphatic carbocycles. The first-order valence-corrected chi connectivity index (χ1v) is 14.4. The van der Waals surface area contributed by atoms with Gasteiger partial charge >= 0.3 is 33.4 Å². The van der Waals surface area contributed by atoms with E-state index in [4.69, 9.17) is 4.74 Å². The highest BCUT2D eigenvalue weighted by Gasteiger charge is 2.86. The summed E-state index contributed by atoms with van der Waals surface area (Å²) in [6.07, 6.45) is -7.21. The van der Waals surface area contributed by atoms with E-state index in [0.717, 1.165) is 7.11 Å². The van der Waals surface area contributed by atoms with Gasteiger partial charge in [0.1, 0.15) is 13.8 Å². The van der Waals surface area contributed by atoms with Crippen molar-refractivity contribution < 1.29 is 56.9 Å². The Morgan fingerprint density at radius 2 is 1.40 bits per heavy atom. The maximum absolute atomic E-state index is 14.1. The zero-order valence-electron chi connectivity index (χ0n) is 19.5. The molecule has 0 saturated heterocycles. The average Bonchev–Trinajstić information content (AvgIpc) is 2.62. The molecule has 1 aromatic heterocycles. The van der Waals surface area contributed by atoms with Gasteiger partial charge in [-0.1, -0.05) is 46.3 Å². The van der Waals surface area contributed by atoms with Crippen LogP contribution in [0.25, 0.3) is 0 Å². The predicted molar refractivity (Wildman–Crippen MR) is 110 cm³/mol. The number of halogens is 9. The molecule has 1 aromatic rings. The van der Waals surface area contributed by atoms with Crippen LogP contribution in [0.3, 0.4) is 0 Å². The van der Waals surface area contributed by atoms with Gasteiger partial charge in [-0.3, -0.25) is 0 Å². The minimum atomic E-state index is -7.44. The minimum Gasteiger partial charge on any atom is -0.491 e. The number of hydrogen-bond donors (Lipinski definition) is 0. The molecule has 0 atom stereocenters. The molecule has 0 fully saturated rings. The Labute approximate surface area is 197 Å². The highest BCUT2D eigenvalue weighted by molar-refractivity contribution is 7.88. The summed E-state index contributed by atoms with van der Waals surface area (Å²) >= 11 is 0. The number of pyridine rings is 1. The molecule has 0 N–H and O–H groups in total. The summed E-state index contributed by atoms with van der Waals surface area (Å²) in [6.45, 7) is 9.95. The molecule has 5 nitrogen and oxygen atoms in total. The van der Waals surface area contributed by atoms with Crippen molar-refractivity contribution in [3.8, 4) is 23.0 Å². The van der Waals surface area contributed by atoms with Gasteiger partial charge in [0, 0.05) is 11.5 Å². The molecule has 16 heteroatoms. The Balaban J connectivity index is 3.83. The number of methoxy groups -OCH3 is 1. The van der Waals surface area contributed by atoms with Crippen LogP contribution in [0.15, 0.2) is 6.07 Å². The Hall–Kier alpha value is -2.15. The van der Waals surface area contributed by atoms with E-state index >= 15 is 0 Å². The van der Waals surface area contributed by atoms with Gasteiger partial charge in [-0.05, 0) is 0 Å². The van der Waals surface area contributed by atoms with Crippen LogP contribution in [0.1, 0.15) is 32.2 Å². The Kier molecular flexibility index (Phi) is 7.99. The van der Waals surface area contributed by atoms with Crippen LogP contribution in [0.2, 0.25) is 19.6 Å². The highest BCUT2D eigenvalue weighted by Crippen LogP contribution is 2.55. The summed E-state index contributed by atoms with van der Waals surface area (Å²) in [5.74, 6) is -14.2. The first kappa shape index (κ1) is 30.9. The van der Waals surface area contributed by atoms with Crippen molar-refractivity contribution in [2.75, 3.05) is 7.11 Å². The summed E-state index contributed by atoms with van der Waals surface area (Å²) in [5, 5.41) is -7.03. The molecule has 1 rings (SSSR count). The molecule has 35 heavy (non-hydrogen) atoms. The summed E-state index contributed by atoms with van der Waals surface area (Å²) in [4.78, 5) is 4.14. The van der Waals surface area contributed by atoms with E-state index in [1.165, 1.54) is 20.8 Å². The van der Waals surface area contributed by atoms with Gasteiger partial charge in [-0.2, -0.15) is 47.9 Å². The lowest BCUT2D eigenvalue weighted by Crippen LogP contribution is -2.63. The van der Waals surface area contributed by atoms with Crippen molar-refractivity contribution in [1.82, 2.24) is 4.98 Å². The number of aromatic nitrogens is 1. The molecule has 0 aliphatic rings. The minimum absolute atomic E-state index is 0.150. The van der Waals surface area contributed by atoms with Crippen LogP contribution in [-0.4, -0.2) is 51.9 Å². The Morgan fingerprint density at radius 1 is 0.914 bits per heavy atom. The van der Waals surface area contributed by atoms with Crippen molar-refractivity contribution >= 4 is 18.2 Å². The van der Waals surface area contributed by atoms with E-state index in [0.29, 0.717) is 6.07 Å². The smallest absolute Gasteiger partial charge is 0.460 e. The Bertz CT molecular complexity index is 1130. The fourth-order valence-corrected chi connectivity index (χ4v) is 3.69. The third-order valence-electron chi connectivity index (χ3n) is 4.05. The van der Waals surface area contributed by atoms with Gasteiger partial charge in [-0.25, -0.2) is 4.98 Å². The maximum atomic E-state index is 14.1. The molecule has 1 heterocycles. The molecule has 0 bridgehead atoms. The zero-order valence-corrected chi connectivity index (χ0v) is 21.3. The third-order valence-corrected chi connectivity index (χ3v) is 6.21. The van der Waals surface area contributed by atoms with Crippen LogP contribution in [0, 0.1) is 11.5 Å². The fraction of sp³-hybridized carbons (Fsp3) is 0.632. The number of hydrogen-bond acceptors (Lipinski definition) is 5. The Morgan fingerprint density at radius 3 is 1.77 bits per heavy atom. The molecule has 200 valence electrons. The topological polar surface area (TPSA) is 65.5 Å². The van der Waals surface area contributed by atoms with Crippen LogP contribution in [0.5, 0.6) is 11.5 Å². The van der Waals surface area contributed by atoms with Gasteiger partial charge in [0.25, 0.3) is 0 Å². The number of rotatable bonds is 6. The van der Waals surface area contributed by atoms with E-state index in [-0.39, 0.29) is 11.4 Å². The quantitative estimate of drug-likeness (QED) is 0.192. The van der Waals surface area contributed by atoms with Gasteiger partial charge < -0.3 is 8.92 Å². The fourth-order valence-electron chi connectivity index (χ4n) is 2.28. The van der Waals surface area contributed by atoms with Gasteiger partial charge in [0.15, 0.2) is 11.5 Å². The number of ether oxygens (including phenoxy) is 1. The lowest BCUT2D eigenvalue weighted by atomic mass is 9.90. The third kappa shape index (κ3) is 5.99. The van der Waals surface area contributed by atoms with Gasteiger partial charge in [0.05, 0.1) is 12.8 Å². The summed E-state index contributed by atoms with van der Waals surface area (Å²) in [7, 11) is -8.36. The monoisotopic (exact) mass is 559 g/mol. The molecule has 0 aromatic carbocycles. The highest BCUT2D eigenvalue weighted by atomic mass is 32.2. The van der Waals surface area contributed by atoms with Gasteiger partial charge in [0.2, 0.25) is 0 Å². The van der Waals surface area contributed by atoms with E-state index in [2.05, 4.69) is 20.6 Å². The first-order valence-electron chi connectivity index (χ1n) is 9.50. The van der Waals surface area contributed by atoms with E-state index in [9.17, 15) is 47.9 Å². The molecule has 0 saturated carbocycles. The standard InChI is InChI=1S/C19H22F9NO4SSi/c1-15(2,3)14-13(32-4)12(10-11(29-14)8-9-35(5,6)7)33-34(30,31)19(27,28)17(22,23)16(20,21)18(24,25)26/h10H,1-7H3. The lowest BCUT2D eigenvalue weighted by molar-refractivity contribution is -0.382. The first-order chi connectivity index (χ1) is 15.2. The van der Waals surface area contributed by atoms with E-state index in [1.54, 1.807) is 19.6 Å². The second-order valence-electron chi connectivity index (χ2n) is 9.34. The molecular formula is C19H22F9NO4SSi. The number of nitrogens with zero attached hydrogens (tertiary/aromatic N) is 1. The largest absolute Gasteiger partial charge is 0.491 e. The van der Waals surface area contributed by atoms with Crippen molar-refractivity contribution in [3.63, 3.8) is 0 Å². The predicted octanol–water partition coefficient (Wildman–Crippen LogP) is 5.75. The molecule has 0 unspecified atom stereocenters. The zero-order chi connectivity index (χ0) is 28.1. The summed E-state index contributed by atoms with van der Waals surface area (Å²) in [5.41, 5.74) is 1.38.